The number of ether oxygens (including phenoxy) is 2. The van der Waals surface area contributed by atoms with Crippen LogP contribution in [0.15, 0.2) is 50.7 Å². The number of hydrogen-bond donors (Lipinski definition) is 1. The molecule has 1 atom stereocenters. The van der Waals surface area contributed by atoms with Gasteiger partial charge in [0.2, 0.25) is 0 Å². The van der Waals surface area contributed by atoms with Gasteiger partial charge in [-0.2, -0.15) is 0 Å². The van der Waals surface area contributed by atoms with Gasteiger partial charge in [0.1, 0.15) is 6.04 Å². The summed E-state index contributed by atoms with van der Waals surface area (Å²) in [5, 5.41) is 12.1. The summed E-state index contributed by atoms with van der Waals surface area (Å²) in [5.41, 5.74) is 1.39. The van der Waals surface area contributed by atoms with E-state index in [4.69, 9.17) is 9.47 Å². The van der Waals surface area contributed by atoms with Crippen LogP contribution < -0.4 is 19.6 Å². The minimum absolute atomic E-state index is 0.0726. The summed E-state index contributed by atoms with van der Waals surface area (Å²) in [7, 11) is 0. The molecule has 0 unspecified atom stereocenters. The first kappa shape index (κ1) is 23.7. The number of halogens is 1. The quantitative estimate of drug-likeness (QED) is 0.347. The Bertz CT molecular complexity index is 1420. The first-order valence-corrected chi connectivity index (χ1v) is 13.0. The predicted molar refractivity (Wildman–Crippen MR) is 137 cm³/mol. The third kappa shape index (κ3) is 4.51. The van der Waals surface area contributed by atoms with Crippen LogP contribution in [0.4, 0.5) is 0 Å². The maximum Gasteiger partial charge on any atom is 0.338 e. The fourth-order valence-corrected chi connectivity index (χ4v) is 6.10. The van der Waals surface area contributed by atoms with Crippen molar-refractivity contribution in [3.05, 3.63) is 74.6 Å². The van der Waals surface area contributed by atoms with Crippen LogP contribution in [0.5, 0.6) is 11.5 Å². The van der Waals surface area contributed by atoms with Crippen molar-refractivity contribution in [2.75, 3.05) is 13.2 Å². The number of phenolic OH excluding ortho intramolecular Hbond substituents is 1. The number of hydrogen-bond acceptors (Lipinski definition) is 8. The Morgan fingerprint density at radius 2 is 2.12 bits per heavy atom. The maximum atomic E-state index is 13.5. The number of esters is 1. The number of rotatable bonds is 6. The van der Waals surface area contributed by atoms with Gasteiger partial charge in [0.05, 0.1) is 32.6 Å². The number of carbonyl (C=O) groups excluding carboxylic acids is 1. The van der Waals surface area contributed by atoms with E-state index >= 15 is 0 Å². The van der Waals surface area contributed by atoms with Gasteiger partial charge in [-0.05, 0) is 78.6 Å². The van der Waals surface area contributed by atoms with E-state index in [1.165, 1.54) is 22.7 Å². The van der Waals surface area contributed by atoms with Gasteiger partial charge in [0.15, 0.2) is 16.3 Å². The van der Waals surface area contributed by atoms with Crippen molar-refractivity contribution in [2.45, 2.75) is 26.8 Å². The molecule has 0 bridgehead atoms. The molecule has 1 aliphatic rings. The zero-order valence-electron chi connectivity index (χ0n) is 18.1. The lowest BCUT2D eigenvalue weighted by molar-refractivity contribution is -0.139. The van der Waals surface area contributed by atoms with Gasteiger partial charge in [-0.3, -0.25) is 9.36 Å². The van der Waals surface area contributed by atoms with E-state index in [-0.39, 0.29) is 17.9 Å². The van der Waals surface area contributed by atoms with Crippen LogP contribution in [-0.4, -0.2) is 28.9 Å². The third-order valence-corrected chi connectivity index (χ3v) is 7.71. The summed E-state index contributed by atoms with van der Waals surface area (Å²) in [4.78, 5) is 32.3. The largest absolute Gasteiger partial charge is 0.504 e. The summed E-state index contributed by atoms with van der Waals surface area (Å²) in [6, 6.07) is 6.68. The molecule has 2 aromatic heterocycles. The Kier molecular flexibility index (Phi) is 7.05. The summed E-state index contributed by atoms with van der Waals surface area (Å²) < 4.78 is 13.5. The topological polar surface area (TPSA) is 90.1 Å². The van der Waals surface area contributed by atoms with Gasteiger partial charge >= 0.3 is 5.97 Å². The minimum Gasteiger partial charge on any atom is -0.504 e. The number of thiophene rings is 1. The molecule has 0 amide bonds. The van der Waals surface area contributed by atoms with E-state index in [0.717, 1.165) is 10.4 Å². The molecule has 0 spiro atoms. The van der Waals surface area contributed by atoms with Crippen LogP contribution in [0.2, 0.25) is 0 Å². The second kappa shape index (κ2) is 9.82. The van der Waals surface area contributed by atoms with Crippen molar-refractivity contribution >= 4 is 57.3 Å². The monoisotopic (exact) mass is 596 g/mol. The zero-order chi connectivity index (χ0) is 23.7. The van der Waals surface area contributed by atoms with Crippen molar-refractivity contribution in [1.29, 1.82) is 0 Å². The molecule has 3 heterocycles. The highest BCUT2D eigenvalue weighted by Crippen LogP contribution is 2.34. The van der Waals surface area contributed by atoms with Crippen LogP contribution in [-0.2, 0) is 9.53 Å². The fourth-order valence-electron chi connectivity index (χ4n) is 3.60. The number of benzene rings is 1. The van der Waals surface area contributed by atoms with E-state index in [0.29, 0.717) is 36.5 Å². The molecule has 3 aromatic rings. The van der Waals surface area contributed by atoms with Crippen molar-refractivity contribution in [3.63, 3.8) is 0 Å². The lowest BCUT2D eigenvalue weighted by Gasteiger charge is -2.23. The SMILES string of the molecule is CCOC(=O)C1=C(C)N=c2sc(=Cc3cc(I)c(O)c(OCC)c3)c(=O)n2[C@H]1c1cccs1. The summed E-state index contributed by atoms with van der Waals surface area (Å²) in [6.45, 7) is 6.00. The van der Waals surface area contributed by atoms with Gasteiger partial charge in [-0.25, -0.2) is 9.79 Å². The summed E-state index contributed by atoms with van der Waals surface area (Å²) in [6.07, 6.45) is 1.75. The second-order valence-electron chi connectivity index (χ2n) is 7.10. The van der Waals surface area contributed by atoms with Crippen molar-refractivity contribution in [3.8, 4) is 11.5 Å². The smallest absolute Gasteiger partial charge is 0.338 e. The number of thiazole rings is 1. The lowest BCUT2D eigenvalue weighted by Crippen LogP contribution is -2.39. The Morgan fingerprint density at radius 3 is 2.79 bits per heavy atom. The van der Waals surface area contributed by atoms with E-state index in [1.807, 2.05) is 47.0 Å². The summed E-state index contributed by atoms with van der Waals surface area (Å²) >= 11 is 4.76. The Hall–Kier alpha value is -2.44. The number of fused-ring (bicyclic) bond motifs is 1. The van der Waals surface area contributed by atoms with Crippen molar-refractivity contribution < 1.29 is 19.4 Å². The van der Waals surface area contributed by atoms with Gasteiger partial charge in [-0.15, -0.1) is 11.3 Å². The Balaban J connectivity index is 1.91. The van der Waals surface area contributed by atoms with E-state index in [9.17, 15) is 14.7 Å². The average Bonchev–Trinajstić information content (AvgIpc) is 3.40. The third-order valence-electron chi connectivity index (χ3n) is 4.98. The van der Waals surface area contributed by atoms with Crippen LogP contribution in [0.25, 0.3) is 6.08 Å². The van der Waals surface area contributed by atoms with Gasteiger partial charge in [0, 0.05) is 4.88 Å². The molecule has 0 fully saturated rings. The van der Waals surface area contributed by atoms with E-state index < -0.39 is 12.0 Å². The molecule has 0 aliphatic carbocycles. The molecule has 1 aromatic carbocycles. The molecule has 10 heteroatoms. The van der Waals surface area contributed by atoms with Crippen molar-refractivity contribution in [2.24, 2.45) is 4.99 Å². The number of allylic oxidation sites excluding steroid dienone is 1. The van der Waals surface area contributed by atoms with Crippen molar-refractivity contribution in [1.82, 2.24) is 4.57 Å². The Morgan fingerprint density at radius 1 is 1.33 bits per heavy atom. The molecule has 7 nitrogen and oxygen atoms in total. The standard InChI is InChI=1S/C23H21IN2O5S2/c1-4-30-15-10-13(9-14(24)20(15)27)11-17-21(28)26-19(16-7-6-8-32-16)18(22(29)31-5-2)12(3)25-23(26)33-17/h6-11,19,27H,4-5H2,1-3H3/t19-/m0/s1. The van der Waals surface area contributed by atoms with Gasteiger partial charge < -0.3 is 14.6 Å². The van der Waals surface area contributed by atoms with Crippen LogP contribution in [0.3, 0.4) is 0 Å². The van der Waals surface area contributed by atoms with Gasteiger partial charge in [0.25, 0.3) is 5.56 Å². The van der Waals surface area contributed by atoms with Crippen LogP contribution in [0.1, 0.15) is 37.3 Å². The highest BCUT2D eigenvalue weighted by Gasteiger charge is 2.33. The molecule has 1 N–H and O–H groups in total. The molecule has 172 valence electrons. The summed E-state index contributed by atoms with van der Waals surface area (Å²) in [5.74, 6) is -0.0373. The van der Waals surface area contributed by atoms with Crippen LogP contribution >= 0.6 is 45.3 Å². The predicted octanol–water partition coefficient (Wildman–Crippen LogP) is 3.57. The zero-order valence-corrected chi connectivity index (χ0v) is 21.9. The number of phenols is 1. The molecule has 0 saturated heterocycles. The first-order chi connectivity index (χ1) is 15.8. The molecule has 1 aliphatic heterocycles. The minimum atomic E-state index is -0.596. The van der Waals surface area contributed by atoms with E-state index in [2.05, 4.69) is 4.99 Å². The molecule has 4 rings (SSSR count). The second-order valence-corrected chi connectivity index (χ2v) is 10.3. The lowest BCUT2D eigenvalue weighted by atomic mass is 10.0. The first-order valence-electron chi connectivity index (χ1n) is 10.2. The number of carbonyl (C=O) groups is 1. The molecular formula is C23H21IN2O5S2. The van der Waals surface area contributed by atoms with E-state index in [1.54, 1.807) is 36.6 Å². The molecule has 33 heavy (non-hydrogen) atoms. The molecule has 0 radical (unpaired) electrons. The van der Waals surface area contributed by atoms with Crippen LogP contribution in [0, 0.1) is 3.57 Å². The number of aromatic hydroxyl groups is 1. The molecule has 0 saturated carbocycles. The maximum absolute atomic E-state index is 13.5. The number of aromatic nitrogens is 1. The average molecular weight is 596 g/mol. The highest BCUT2D eigenvalue weighted by molar-refractivity contribution is 14.1. The normalized spacial score (nSPS) is 15.9. The Labute approximate surface area is 211 Å². The number of nitrogens with zero attached hydrogens (tertiary/aromatic N) is 2. The highest BCUT2D eigenvalue weighted by atomic mass is 127. The van der Waals surface area contributed by atoms with Gasteiger partial charge in [-0.1, -0.05) is 17.4 Å². The fraction of sp³-hybridized carbons (Fsp3) is 0.261. The molecular weight excluding hydrogens is 575 g/mol.